The molecule has 7 nitrogen and oxygen atoms in total. The van der Waals surface area contributed by atoms with Crippen LogP contribution in [-0.2, 0) is 19.1 Å². The van der Waals surface area contributed by atoms with Gasteiger partial charge in [-0.3, -0.25) is 14.8 Å². The fourth-order valence-electron chi connectivity index (χ4n) is 2.03. The molecule has 1 aromatic rings. The predicted molar refractivity (Wildman–Crippen MR) is 82.7 cm³/mol. The van der Waals surface area contributed by atoms with Crippen molar-refractivity contribution in [2.75, 3.05) is 7.11 Å². The first-order chi connectivity index (χ1) is 10.9. The third kappa shape index (κ3) is 5.71. The standard InChI is InChI=1S/C16H22N2O5/c1-10-4-6-12(7-5-10)11(2)15(20)17-13(16(21)23-3)8-9-14(19)18-22/h4-7,11,13,22H,8-9H2,1-3H3,(H,17,20)(H,18,19)/t11?,13-/m0/s1. The van der Waals surface area contributed by atoms with Gasteiger partial charge < -0.3 is 10.1 Å². The van der Waals surface area contributed by atoms with E-state index in [4.69, 9.17) is 5.21 Å². The summed E-state index contributed by atoms with van der Waals surface area (Å²) in [5.41, 5.74) is 3.39. The fourth-order valence-corrected chi connectivity index (χ4v) is 2.03. The lowest BCUT2D eigenvalue weighted by Crippen LogP contribution is -2.43. The number of hydroxylamine groups is 1. The highest BCUT2D eigenvalue weighted by atomic mass is 16.5. The molecule has 0 aliphatic carbocycles. The van der Waals surface area contributed by atoms with E-state index in [-0.39, 0.29) is 18.7 Å². The molecule has 0 fully saturated rings. The first-order valence-electron chi connectivity index (χ1n) is 7.26. The topological polar surface area (TPSA) is 105 Å². The second-order valence-electron chi connectivity index (χ2n) is 5.29. The molecule has 7 heteroatoms. The number of ether oxygens (including phenoxy) is 1. The zero-order valence-electron chi connectivity index (χ0n) is 13.5. The van der Waals surface area contributed by atoms with Crippen LogP contribution in [0, 0.1) is 6.92 Å². The summed E-state index contributed by atoms with van der Waals surface area (Å²) < 4.78 is 4.63. The van der Waals surface area contributed by atoms with Gasteiger partial charge in [-0.1, -0.05) is 29.8 Å². The van der Waals surface area contributed by atoms with E-state index in [2.05, 4.69) is 10.1 Å². The van der Waals surface area contributed by atoms with E-state index in [1.165, 1.54) is 12.6 Å². The van der Waals surface area contributed by atoms with Crippen molar-refractivity contribution in [1.29, 1.82) is 0 Å². The zero-order chi connectivity index (χ0) is 17.4. The van der Waals surface area contributed by atoms with Crippen molar-refractivity contribution in [3.05, 3.63) is 35.4 Å². The Morgan fingerprint density at radius 3 is 2.35 bits per heavy atom. The molecule has 0 aromatic heterocycles. The second-order valence-corrected chi connectivity index (χ2v) is 5.29. The van der Waals surface area contributed by atoms with Gasteiger partial charge in [0.1, 0.15) is 6.04 Å². The molecule has 0 spiro atoms. The number of benzene rings is 1. The quantitative estimate of drug-likeness (QED) is 0.395. The van der Waals surface area contributed by atoms with E-state index < -0.39 is 23.8 Å². The number of hydrogen-bond acceptors (Lipinski definition) is 5. The molecule has 0 saturated carbocycles. The molecular weight excluding hydrogens is 300 g/mol. The SMILES string of the molecule is COC(=O)[C@H](CCC(=O)NO)NC(=O)C(C)c1ccc(C)cc1. The summed E-state index contributed by atoms with van der Waals surface area (Å²) >= 11 is 0. The molecule has 2 atom stereocenters. The van der Waals surface area contributed by atoms with Crippen molar-refractivity contribution in [3.63, 3.8) is 0 Å². The molecule has 23 heavy (non-hydrogen) atoms. The lowest BCUT2D eigenvalue weighted by atomic mass is 9.98. The Bertz CT molecular complexity index is 556. The Labute approximate surface area is 135 Å². The Morgan fingerprint density at radius 1 is 1.22 bits per heavy atom. The van der Waals surface area contributed by atoms with E-state index in [9.17, 15) is 14.4 Å². The number of aryl methyl sites for hydroxylation is 1. The largest absolute Gasteiger partial charge is 0.467 e. The molecule has 1 unspecified atom stereocenters. The Kier molecular flexibility index (Phi) is 7.21. The molecule has 0 saturated heterocycles. The van der Waals surface area contributed by atoms with Gasteiger partial charge in [-0.2, -0.15) is 0 Å². The smallest absolute Gasteiger partial charge is 0.328 e. The summed E-state index contributed by atoms with van der Waals surface area (Å²) in [4.78, 5) is 35.1. The summed E-state index contributed by atoms with van der Waals surface area (Å²) in [5, 5.41) is 11.1. The monoisotopic (exact) mass is 322 g/mol. The third-order valence-corrected chi connectivity index (χ3v) is 3.56. The molecule has 1 aromatic carbocycles. The third-order valence-electron chi connectivity index (χ3n) is 3.56. The minimum absolute atomic E-state index is 0.0332. The van der Waals surface area contributed by atoms with Crippen LogP contribution < -0.4 is 10.8 Å². The van der Waals surface area contributed by atoms with E-state index in [1.807, 2.05) is 31.2 Å². The van der Waals surface area contributed by atoms with Crippen LogP contribution in [0.1, 0.15) is 36.8 Å². The molecule has 0 radical (unpaired) electrons. The molecule has 0 heterocycles. The Balaban J connectivity index is 2.73. The van der Waals surface area contributed by atoms with Crippen LogP contribution in [0.5, 0.6) is 0 Å². The van der Waals surface area contributed by atoms with Gasteiger partial charge in [0.2, 0.25) is 11.8 Å². The minimum atomic E-state index is -0.947. The first-order valence-corrected chi connectivity index (χ1v) is 7.26. The number of carbonyl (C=O) groups is 3. The van der Waals surface area contributed by atoms with Crippen LogP contribution in [0.15, 0.2) is 24.3 Å². The van der Waals surface area contributed by atoms with Gasteiger partial charge in [0.15, 0.2) is 0 Å². The fraction of sp³-hybridized carbons (Fsp3) is 0.438. The number of hydrogen-bond donors (Lipinski definition) is 3. The van der Waals surface area contributed by atoms with Crippen molar-refractivity contribution in [2.45, 2.75) is 38.6 Å². The lowest BCUT2D eigenvalue weighted by Gasteiger charge is -2.19. The van der Waals surface area contributed by atoms with Crippen LogP contribution in [0.4, 0.5) is 0 Å². The van der Waals surface area contributed by atoms with Crippen molar-refractivity contribution in [1.82, 2.24) is 10.8 Å². The number of carbonyl (C=O) groups excluding carboxylic acids is 3. The summed E-state index contributed by atoms with van der Waals surface area (Å²) in [5.74, 6) is -2.07. The van der Waals surface area contributed by atoms with Crippen molar-refractivity contribution < 1.29 is 24.3 Å². The number of methoxy groups -OCH3 is 1. The molecular formula is C16H22N2O5. The molecule has 0 aliphatic rings. The maximum Gasteiger partial charge on any atom is 0.328 e. The Hall–Kier alpha value is -2.41. The van der Waals surface area contributed by atoms with Crippen LogP contribution in [0.2, 0.25) is 0 Å². The van der Waals surface area contributed by atoms with Crippen molar-refractivity contribution in [3.8, 4) is 0 Å². The number of rotatable bonds is 7. The normalized spacial score (nSPS) is 12.9. The zero-order valence-corrected chi connectivity index (χ0v) is 13.5. The minimum Gasteiger partial charge on any atom is -0.467 e. The molecule has 2 amide bonds. The summed E-state index contributed by atoms with van der Waals surface area (Å²) in [6, 6.07) is 6.57. The number of nitrogens with one attached hydrogen (secondary N) is 2. The maximum atomic E-state index is 12.3. The highest BCUT2D eigenvalue weighted by molar-refractivity contribution is 5.88. The highest BCUT2D eigenvalue weighted by Gasteiger charge is 2.25. The van der Waals surface area contributed by atoms with Gasteiger partial charge >= 0.3 is 5.97 Å². The van der Waals surface area contributed by atoms with Gasteiger partial charge in [0.25, 0.3) is 0 Å². The number of esters is 1. The van der Waals surface area contributed by atoms with Crippen molar-refractivity contribution in [2.24, 2.45) is 0 Å². The van der Waals surface area contributed by atoms with E-state index >= 15 is 0 Å². The Morgan fingerprint density at radius 2 is 1.83 bits per heavy atom. The highest BCUT2D eigenvalue weighted by Crippen LogP contribution is 2.16. The average Bonchev–Trinajstić information content (AvgIpc) is 2.57. The molecule has 0 aliphatic heterocycles. The maximum absolute atomic E-state index is 12.3. The van der Waals surface area contributed by atoms with E-state index in [1.54, 1.807) is 6.92 Å². The van der Waals surface area contributed by atoms with Gasteiger partial charge in [-0.15, -0.1) is 0 Å². The van der Waals surface area contributed by atoms with Crippen LogP contribution in [0.3, 0.4) is 0 Å². The summed E-state index contributed by atoms with van der Waals surface area (Å²) in [6.07, 6.45) is -0.0825. The number of amides is 2. The molecule has 126 valence electrons. The van der Waals surface area contributed by atoms with Gasteiger partial charge in [0, 0.05) is 6.42 Å². The van der Waals surface area contributed by atoms with Crippen LogP contribution in [0.25, 0.3) is 0 Å². The average molecular weight is 322 g/mol. The molecule has 3 N–H and O–H groups in total. The summed E-state index contributed by atoms with van der Waals surface area (Å²) in [6.45, 7) is 3.68. The first kappa shape index (κ1) is 18.6. The second kappa shape index (κ2) is 8.89. The lowest BCUT2D eigenvalue weighted by molar-refractivity contribution is -0.145. The predicted octanol–water partition coefficient (Wildman–Crippen LogP) is 1.04. The van der Waals surface area contributed by atoms with Crippen LogP contribution in [-0.4, -0.2) is 36.1 Å². The molecule has 1 rings (SSSR count). The molecule has 0 bridgehead atoms. The van der Waals surface area contributed by atoms with Crippen LogP contribution >= 0.6 is 0 Å². The summed E-state index contributed by atoms with van der Waals surface area (Å²) in [7, 11) is 1.21. The van der Waals surface area contributed by atoms with Gasteiger partial charge in [-0.05, 0) is 25.8 Å². The van der Waals surface area contributed by atoms with Crippen molar-refractivity contribution >= 4 is 17.8 Å². The van der Waals surface area contributed by atoms with Gasteiger partial charge in [0.05, 0.1) is 13.0 Å². The van der Waals surface area contributed by atoms with E-state index in [0.717, 1.165) is 11.1 Å². The van der Waals surface area contributed by atoms with Gasteiger partial charge in [-0.25, -0.2) is 10.3 Å². The van der Waals surface area contributed by atoms with E-state index in [0.29, 0.717) is 0 Å².